The van der Waals surface area contributed by atoms with Crippen molar-refractivity contribution in [2.75, 3.05) is 43.1 Å². The van der Waals surface area contributed by atoms with E-state index in [2.05, 4.69) is 39.9 Å². The van der Waals surface area contributed by atoms with E-state index >= 15 is 0 Å². The van der Waals surface area contributed by atoms with E-state index in [1.54, 1.807) is 17.0 Å². The molecule has 6 rings (SSSR count). The topological polar surface area (TPSA) is 132 Å². The fourth-order valence-electron chi connectivity index (χ4n) is 5.85. The lowest BCUT2D eigenvalue weighted by Crippen LogP contribution is -2.42. The summed E-state index contributed by atoms with van der Waals surface area (Å²) in [4.78, 5) is 44.5. The number of nitrogens with zero attached hydrogens (tertiary/aromatic N) is 3. The molecule has 2 N–H and O–H groups in total. The van der Waals surface area contributed by atoms with Gasteiger partial charge in [-0.15, -0.1) is 0 Å². The van der Waals surface area contributed by atoms with Crippen LogP contribution in [0.4, 0.5) is 21.2 Å². The van der Waals surface area contributed by atoms with E-state index in [4.69, 9.17) is 18.9 Å². The van der Waals surface area contributed by atoms with Crippen molar-refractivity contribution in [2.45, 2.75) is 64.3 Å². The number of rotatable bonds is 10. The summed E-state index contributed by atoms with van der Waals surface area (Å²) >= 11 is 0. The molecule has 1 aromatic heterocycles. The number of hydrogen-bond acceptors (Lipinski definition) is 9. The van der Waals surface area contributed by atoms with Gasteiger partial charge in [-0.05, 0) is 93.6 Å². The number of nitrogens with one attached hydrogen (secondary N) is 2. The van der Waals surface area contributed by atoms with Crippen molar-refractivity contribution < 1.29 is 33.3 Å². The lowest BCUT2D eigenvalue weighted by Gasteiger charge is -2.28. The second-order valence-corrected chi connectivity index (χ2v) is 12.9. The Morgan fingerprint density at radius 2 is 1.89 bits per heavy atom. The smallest absolute Gasteiger partial charge is 0.415 e. The number of ether oxygens (including phenoxy) is 4. The van der Waals surface area contributed by atoms with Gasteiger partial charge in [0.15, 0.2) is 18.2 Å². The minimum Gasteiger partial charge on any atom is -0.491 e. The molecule has 0 saturated carbocycles. The van der Waals surface area contributed by atoms with Crippen LogP contribution < -0.4 is 25.0 Å². The Kier molecular flexibility index (Phi) is 9.48. The van der Waals surface area contributed by atoms with E-state index in [1.807, 2.05) is 45.0 Å². The number of benzene rings is 2. The second kappa shape index (κ2) is 13.9. The number of anilines is 2. The van der Waals surface area contributed by atoms with Crippen LogP contribution in [0.3, 0.4) is 0 Å². The van der Waals surface area contributed by atoms with E-state index in [1.165, 1.54) is 4.90 Å². The second-order valence-electron chi connectivity index (χ2n) is 12.9. The minimum atomic E-state index is -0.531. The Hall–Kier alpha value is -4.84. The maximum Gasteiger partial charge on any atom is 0.415 e. The standard InChI is InChI=1S/C35H41N5O7/c1-35(2,3)47-34(43)39-16-6-10-26(39)21-44-27-11-5-9-25(18-27)24-8-4-7-23(17-24)19-36-15-14-28-20-40(33(42)46-28)30-13-12-29-32(37-30)38-31(41)22-45-29/h4-5,7-9,11-13,17-18,26,28,36H,6,10,14-16,19-22H2,1-3H3,(H,37,38,41). The largest absolute Gasteiger partial charge is 0.491 e. The molecule has 47 heavy (non-hydrogen) atoms. The Balaban J connectivity index is 0.977. The van der Waals surface area contributed by atoms with Crippen LogP contribution in [0.15, 0.2) is 60.7 Å². The van der Waals surface area contributed by atoms with Crippen LogP contribution in [-0.2, 0) is 20.8 Å². The fraction of sp³-hybridized carbons (Fsp3) is 0.429. The number of pyridine rings is 1. The molecule has 248 valence electrons. The summed E-state index contributed by atoms with van der Waals surface area (Å²) in [5.41, 5.74) is 2.71. The van der Waals surface area contributed by atoms with Crippen molar-refractivity contribution in [1.29, 1.82) is 0 Å². The van der Waals surface area contributed by atoms with Crippen molar-refractivity contribution >= 4 is 29.7 Å². The van der Waals surface area contributed by atoms with Gasteiger partial charge in [-0.3, -0.25) is 9.69 Å². The average molecular weight is 644 g/mol. The molecule has 2 aromatic carbocycles. The predicted octanol–water partition coefficient (Wildman–Crippen LogP) is 5.36. The number of hydrogen-bond donors (Lipinski definition) is 2. The Morgan fingerprint density at radius 1 is 1.09 bits per heavy atom. The zero-order valence-corrected chi connectivity index (χ0v) is 27.0. The zero-order valence-electron chi connectivity index (χ0n) is 27.0. The van der Waals surface area contributed by atoms with Crippen LogP contribution in [0.5, 0.6) is 11.5 Å². The first kappa shape index (κ1) is 32.1. The Labute approximate surface area is 274 Å². The van der Waals surface area contributed by atoms with Crippen LogP contribution >= 0.6 is 0 Å². The lowest BCUT2D eigenvalue weighted by molar-refractivity contribution is -0.118. The van der Waals surface area contributed by atoms with Crippen LogP contribution in [0.1, 0.15) is 45.6 Å². The van der Waals surface area contributed by atoms with Crippen LogP contribution in [0, 0.1) is 0 Å². The van der Waals surface area contributed by atoms with Crippen LogP contribution in [-0.4, -0.2) is 78.6 Å². The lowest BCUT2D eigenvalue weighted by atomic mass is 10.0. The third-order valence-corrected chi connectivity index (χ3v) is 8.12. The van der Waals surface area contributed by atoms with Crippen molar-refractivity contribution in [1.82, 2.24) is 15.2 Å². The first-order valence-corrected chi connectivity index (χ1v) is 16.1. The summed E-state index contributed by atoms with van der Waals surface area (Å²) in [5.74, 6) is 1.65. The first-order chi connectivity index (χ1) is 22.6. The van der Waals surface area contributed by atoms with Gasteiger partial charge in [0.05, 0.1) is 12.6 Å². The zero-order chi connectivity index (χ0) is 33.0. The molecule has 3 aliphatic heterocycles. The van der Waals surface area contributed by atoms with Crippen molar-refractivity contribution in [3.05, 3.63) is 66.2 Å². The summed E-state index contributed by atoms with van der Waals surface area (Å²) < 4.78 is 22.7. The molecule has 2 unspecified atom stereocenters. The summed E-state index contributed by atoms with van der Waals surface area (Å²) in [6.07, 6.45) is 1.42. The van der Waals surface area contributed by atoms with Gasteiger partial charge in [0, 0.05) is 13.1 Å². The summed E-state index contributed by atoms with van der Waals surface area (Å²) in [6.45, 7) is 8.35. The van der Waals surface area contributed by atoms with Crippen molar-refractivity contribution in [3.8, 4) is 22.6 Å². The minimum absolute atomic E-state index is 0.0154. The molecule has 12 nitrogen and oxygen atoms in total. The van der Waals surface area contributed by atoms with Gasteiger partial charge in [0.1, 0.15) is 29.9 Å². The average Bonchev–Trinajstić information content (AvgIpc) is 3.67. The maximum atomic E-state index is 12.6. The molecular weight excluding hydrogens is 602 g/mol. The molecule has 2 atom stereocenters. The number of carbonyl (C=O) groups is 3. The number of aromatic nitrogens is 1. The maximum absolute atomic E-state index is 12.6. The van der Waals surface area contributed by atoms with Gasteiger partial charge in [-0.2, -0.15) is 0 Å². The summed E-state index contributed by atoms with van der Waals surface area (Å²) in [5, 5.41) is 6.12. The highest BCUT2D eigenvalue weighted by atomic mass is 16.6. The van der Waals surface area contributed by atoms with Crippen molar-refractivity contribution in [2.24, 2.45) is 0 Å². The Bertz CT molecular complexity index is 1620. The monoisotopic (exact) mass is 643 g/mol. The number of likely N-dealkylation sites (tertiary alicyclic amines) is 1. The molecule has 0 radical (unpaired) electrons. The molecule has 2 saturated heterocycles. The van der Waals surface area contributed by atoms with E-state index in [-0.39, 0.29) is 30.8 Å². The van der Waals surface area contributed by atoms with E-state index in [9.17, 15) is 14.4 Å². The molecule has 2 fully saturated rings. The highest BCUT2D eigenvalue weighted by molar-refractivity contribution is 5.95. The van der Waals surface area contributed by atoms with E-state index < -0.39 is 11.7 Å². The SMILES string of the molecule is CC(C)(C)OC(=O)N1CCCC1COc1cccc(-c2cccc(CNCCC3CN(c4ccc5c(n4)NC(=O)CO5)C(=O)O3)c2)c1. The molecule has 12 heteroatoms. The summed E-state index contributed by atoms with van der Waals surface area (Å²) in [7, 11) is 0. The third kappa shape index (κ3) is 8.12. The van der Waals surface area contributed by atoms with Gasteiger partial charge < -0.3 is 34.5 Å². The Morgan fingerprint density at radius 3 is 2.72 bits per heavy atom. The van der Waals surface area contributed by atoms with E-state index in [0.717, 1.165) is 35.3 Å². The molecule has 0 bridgehead atoms. The number of fused-ring (bicyclic) bond motifs is 1. The molecule has 0 aliphatic carbocycles. The van der Waals surface area contributed by atoms with Crippen LogP contribution in [0.2, 0.25) is 0 Å². The van der Waals surface area contributed by atoms with Crippen LogP contribution in [0.25, 0.3) is 11.1 Å². The predicted molar refractivity (Wildman–Crippen MR) is 176 cm³/mol. The fourth-order valence-corrected chi connectivity index (χ4v) is 5.85. The first-order valence-electron chi connectivity index (χ1n) is 16.1. The molecule has 3 amide bonds. The molecule has 4 heterocycles. The summed E-state index contributed by atoms with van der Waals surface area (Å²) in [6, 6.07) is 19.7. The van der Waals surface area contributed by atoms with E-state index in [0.29, 0.717) is 56.6 Å². The highest BCUT2D eigenvalue weighted by Crippen LogP contribution is 2.31. The van der Waals surface area contributed by atoms with Gasteiger partial charge in [-0.25, -0.2) is 14.6 Å². The van der Waals surface area contributed by atoms with Gasteiger partial charge in [0.25, 0.3) is 5.91 Å². The van der Waals surface area contributed by atoms with Gasteiger partial charge in [-0.1, -0.05) is 30.3 Å². The number of cyclic esters (lactones) is 1. The van der Waals surface area contributed by atoms with Crippen molar-refractivity contribution in [3.63, 3.8) is 0 Å². The van der Waals surface area contributed by atoms with Gasteiger partial charge >= 0.3 is 12.2 Å². The quantitative estimate of drug-likeness (QED) is 0.280. The normalized spacial score (nSPS) is 19.1. The van der Waals surface area contributed by atoms with Gasteiger partial charge in [0.2, 0.25) is 0 Å². The highest BCUT2D eigenvalue weighted by Gasteiger charge is 2.34. The number of carbonyl (C=O) groups excluding carboxylic acids is 3. The molecule has 3 aromatic rings. The number of amides is 3. The molecule has 0 spiro atoms. The molecular formula is C35H41N5O7. The third-order valence-electron chi connectivity index (χ3n) is 8.12. The molecule has 3 aliphatic rings.